The average Bonchev–Trinajstić information content (AvgIpc) is 3.39. The molecular weight excluding hydrogens is 365 g/mol. The van der Waals surface area contributed by atoms with E-state index in [1.54, 1.807) is 11.0 Å². The average molecular weight is 387 g/mol. The zero-order valence-electron chi connectivity index (χ0n) is 15.9. The van der Waals surface area contributed by atoms with Gasteiger partial charge < -0.3 is 14.1 Å². The SMILES string of the molecule is COc1cc(-c2nnc(N(C)Cc3nnnn3C3CCCCC3)o2)ccc1F. The Morgan fingerprint density at radius 3 is 2.82 bits per heavy atom. The fourth-order valence-corrected chi connectivity index (χ4v) is 3.48. The van der Waals surface area contributed by atoms with Crippen LogP contribution in [0.4, 0.5) is 10.4 Å². The van der Waals surface area contributed by atoms with E-state index < -0.39 is 5.82 Å². The number of benzene rings is 1. The standard InChI is InChI=1S/C18H22FN7O2/c1-25(11-16-20-23-24-26(16)13-6-4-3-5-7-13)18-22-21-17(28-18)12-8-9-14(19)15(10-12)27-2/h8-10,13H,3-7,11H2,1-2H3. The normalized spacial score (nSPS) is 15.0. The van der Waals surface area contributed by atoms with E-state index in [2.05, 4.69) is 25.7 Å². The van der Waals surface area contributed by atoms with Crippen LogP contribution >= 0.6 is 0 Å². The van der Waals surface area contributed by atoms with Crippen LogP contribution in [0.15, 0.2) is 22.6 Å². The predicted octanol–water partition coefficient (Wildman–Crippen LogP) is 3.01. The first-order valence-corrected chi connectivity index (χ1v) is 9.31. The maximum absolute atomic E-state index is 13.6. The maximum Gasteiger partial charge on any atom is 0.318 e. The van der Waals surface area contributed by atoms with Crippen molar-refractivity contribution in [3.05, 3.63) is 29.8 Å². The molecule has 0 radical (unpaired) electrons. The van der Waals surface area contributed by atoms with Crippen molar-refractivity contribution in [2.75, 3.05) is 19.1 Å². The lowest BCUT2D eigenvalue weighted by Crippen LogP contribution is -2.23. The van der Waals surface area contributed by atoms with E-state index in [9.17, 15) is 4.39 Å². The van der Waals surface area contributed by atoms with E-state index >= 15 is 0 Å². The van der Waals surface area contributed by atoms with Crippen molar-refractivity contribution in [3.8, 4) is 17.2 Å². The van der Waals surface area contributed by atoms with E-state index in [1.165, 1.54) is 38.5 Å². The second-order valence-corrected chi connectivity index (χ2v) is 6.93. The molecule has 1 aromatic carbocycles. The molecule has 0 N–H and O–H groups in total. The number of aromatic nitrogens is 6. The highest BCUT2D eigenvalue weighted by Gasteiger charge is 2.22. The van der Waals surface area contributed by atoms with Gasteiger partial charge in [-0.2, -0.15) is 0 Å². The van der Waals surface area contributed by atoms with Gasteiger partial charge in [-0.25, -0.2) is 9.07 Å². The summed E-state index contributed by atoms with van der Waals surface area (Å²) >= 11 is 0. The van der Waals surface area contributed by atoms with Gasteiger partial charge in [-0.1, -0.05) is 24.4 Å². The molecule has 0 saturated heterocycles. The number of methoxy groups -OCH3 is 1. The van der Waals surface area contributed by atoms with Gasteiger partial charge in [0.05, 0.1) is 19.7 Å². The summed E-state index contributed by atoms with van der Waals surface area (Å²) in [6.07, 6.45) is 5.87. The molecular formula is C18H22FN7O2. The van der Waals surface area contributed by atoms with Crippen molar-refractivity contribution in [3.63, 3.8) is 0 Å². The molecule has 4 rings (SSSR count). The number of hydrogen-bond acceptors (Lipinski definition) is 8. The van der Waals surface area contributed by atoms with Crippen LogP contribution < -0.4 is 9.64 Å². The summed E-state index contributed by atoms with van der Waals surface area (Å²) in [6.45, 7) is 0.442. The van der Waals surface area contributed by atoms with E-state index in [1.807, 2.05) is 11.7 Å². The Labute approximate surface area is 161 Å². The van der Waals surface area contributed by atoms with Crippen molar-refractivity contribution in [1.82, 2.24) is 30.4 Å². The summed E-state index contributed by atoms with van der Waals surface area (Å²) in [5, 5.41) is 20.3. The van der Waals surface area contributed by atoms with Gasteiger partial charge in [0.2, 0.25) is 5.89 Å². The van der Waals surface area contributed by atoms with Gasteiger partial charge in [-0.05, 0) is 41.5 Å². The highest BCUT2D eigenvalue weighted by atomic mass is 19.1. The van der Waals surface area contributed by atoms with Crippen LogP contribution in [-0.4, -0.2) is 44.6 Å². The predicted molar refractivity (Wildman–Crippen MR) is 98.3 cm³/mol. The van der Waals surface area contributed by atoms with Crippen LogP contribution in [0.3, 0.4) is 0 Å². The number of anilines is 1. The quantitative estimate of drug-likeness (QED) is 0.637. The highest BCUT2D eigenvalue weighted by molar-refractivity contribution is 5.56. The van der Waals surface area contributed by atoms with Crippen molar-refractivity contribution in [2.45, 2.75) is 44.7 Å². The van der Waals surface area contributed by atoms with E-state index in [0.717, 1.165) is 18.7 Å². The summed E-state index contributed by atoms with van der Waals surface area (Å²) in [6, 6.07) is 5.07. The fourth-order valence-electron chi connectivity index (χ4n) is 3.48. The summed E-state index contributed by atoms with van der Waals surface area (Å²) in [5.74, 6) is 0.722. The lowest BCUT2D eigenvalue weighted by Gasteiger charge is -2.23. The van der Waals surface area contributed by atoms with Gasteiger partial charge in [-0.15, -0.1) is 10.2 Å². The summed E-state index contributed by atoms with van der Waals surface area (Å²) in [7, 11) is 3.24. The van der Waals surface area contributed by atoms with Gasteiger partial charge in [0, 0.05) is 12.6 Å². The van der Waals surface area contributed by atoms with Crippen LogP contribution in [0.1, 0.15) is 44.0 Å². The largest absolute Gasteiger partial charge is 0.494 e. The number of hydrogen-bond donors (Lipinski definition) is 0. The molecule has 1 saturated carbocycles. The Morgan fingerprint density at radius 1 is 1.21 bits per heavy atom. The Bertz CT molecular complexity index is 936. The Morgan fingerprint density at radius 2 is 2.04 bits per heavy atom. The lowest BCUT2D eigenvalue weighted by molar-refractivity contribution is 0.316. The van der Waals surface area contributed by atoms with Crippen LogP contribution in [0, 0.1) is 5.82 Å². The third-order valence-electron chi connectivity index (χ3n) is 5.00. The third kappa shape index (κ3) is 3.67. The molecule has 2 heterocycles. The number of halogens is 1. The maximum atomic E-state index is 13.6. The Balaban J connectivity index is 1.50. The molecule has 0 atom stereocenters. The second kappa shape index (κ2) is 7.91. The first-order valence-electron chi connectivity index (χ1n) is 9.31. The van der Waals surface area contributed by atoms with E-state index in [0.29, 0.717) is 24.2 Å². The molecule has 0 spiro atoms. The fraction of sp³-hybridized carbons (Fsp3) is 0.500. The molecule has 0 bridgehead atoms. The molecule has 1 aliphatic rings. The van der Waals surface area contributed by atoms with Gasteiger partial charge in [-0.3, -0.25) is 0 Å². The molecule has 9 nitrogen and oxygen atoms in total. The van der Waals surface area contributed by atoms with Crippen molar-refractivity contribution in [1.29, 1.82) is 0 Å². The zero-order chi connectivity index (χ0) is 19.5. The minimum absolute atomic E-state index is 0.122. The molecule has 1 aliphatic carbocycles. The molecule has 2 aromatic heterocycles. The Hall–Kier alpha value is -3.04. The van der Waals surface area contributed by atoms with Crippen LogP contribution in [-0.2, 0) is 6.54 Å². The minimum Gasteiger partial charge on any atom is -0.494 e. The van der Waals surface area contributed by atoms with Crippen LogP contribution in [0.2, 0.25) is 0 Å². The highest BCUT2D eigenvalue weighted by Crippen LogP contribution is 2.29. The molecule has 0 aliphatic heterocycles. The first kappa shape index (κ1) is 18.3. The van der Waals surface area contributed by atoms with Crippen LogP contribution in [0.25, 0.3) is 11.5 Å². The van der Waals surface area contributed by atoms with Crippen LogP contribution in [0.5, 0.6) is 5.75 Å². The monoisotopic (exact) mass is 387 g/mol. The van der Waals surface area contributed by atoms with Crippen molar-refractivity contribution < 1.29 is 13.5 Å². The van der Waals surface area contributed by atoms with Gasteiger partial charge in [0.25, 0.3) is 0 Å². The number of nitrogens with zero attached hydrogens (tertiary/aromatic N) is 7. The smallest absolute Gasteiger partial charge is 0.318 e. The molecule has 0 amide bonds. The van der Waals surface area contributed by atoms with Gasteiger partial charge in [0.15, 0.2) is 17.4 Å². The van der Waals surface area contributed by atoms with E-state index in [4.69, 9.17) is 9.15 Å². The third-order valence-corrected chi connectivity index (χ3v) is 5.00. The molecule has 1 fully saturated rings. The molecule has 28 heavy (non-hydrogen) atoms. The topological polar surface area (TPSA) is 95.0 Å². The lowest BCUT2D eigenvalue weighted by atomic mass is 9.95. The van der Waals surface area contributed by atoms with Crippen molar-refractivity contribution in [2.24, 2.45) is 0 Å². The van der Waals surface area contributed by atoms with Crippen molar-refractivity contribution >= 4 is 6.01 Å². The van der Waals surface area contributed by atoms with Gasteiger partial charge in [0.1, 0.15) is 0 Å². The molecule has 10 heteroatoms. The van der Waals surface area contributed by atoms with E-state index in [-0.39, 0.29) is 11.6 Å². The second-order valence-electron chi connectivity index (χ2n) is 6.93. The Kier molecular flexibility index (Phi) is 5.18. The first-order chi connectivity index (χ1) is 13.7. The summed E-state index contributed by atoms with van der Waals surface area (Å²) < 4.78 is 26.3. The zero-order valence-corrected chi connectivity index (χ0v) is 15.9. The minimum atomic E-state index is -0.447. The number of rotatable bonds is 6. The molecule has 148 valence electrons. The van der Waals surface area contributed by atoms with Gasteiger partial charge >= 0.3 is 6.01 Å². The molecule has 3 aromatic rings. The summed E-state index contributed by atoms with van der Waals surface area (Å²) in [5.41, 5.74) is 0.581. The number of tetrazole rings is 1. The summed E-state index contributed by atoms with van der Waals surface area (Å²) in [4.78, 5) is 1.79. The number of ether oxygens (including phenoxy) is 1. The molecule has 0 unspecified atom stereocenters.